The minimum atomic E-state index is -0.250. The van der Waals surface area contributed by atoms with Crippen LogP contribution in [0.15, 0.2) is 72.8 Å². The van der Waals surface area contributed by atoms with Crippen molar-refractivity contribution in [3.63, 3.8) is 0 Å². The summed E-state index contributed by atoms with van der Waals surface area (Å²) in [6, 6.07) is 23.1. The van der Waals surface area contributed by atoms with Gasteiger partial charge in [0.05, 0.1) is 22.3 Å². The Morgan fingerprint density at radius 3 is 2.00 bits per heavy atom. The van der Waals surface area contributed by atoms with Crippen LogP contribution in [0.5, 0.6) is 0 Å². The first kappa shape index (κ1) is 18.2. The molecule has 146 valence electrons. The maximum Gasteiger partial charge on any atom is 0.261 e. The molecule has 0 radical (unpaired) electrons. The fraction of sp³-hybridized carbons (Fsp3) is 0.120. The molecule has 3 aromatic carbocycles. The fourth-order valence-electron chi connectivity index (χ4n) is 3.87. The van der Waals surface area contributed by atoms with Gasteiger partial charge < -0.3 is 0 Å². The van der Waals surface area contributed by atoms with E-state index >= 15 is 0 Å². The van der Waals surface area contributed by atoms with Crippen LogP contribution >= 0.6 is 0 Å². The molecule has 0 N–H and O–H groups in total. The molecule has 0 spiro atoms. The number of rotatable bonds is 4. The maximum absolute atomic E-state index is 12.8. The SMILES string of the molecule is CCCN1C(=O)c2cc3nc(-c4ccccc4)nc(-c4ccccc4)c3cc2C1=O. The number of nitrogens with zero attached hydrogens (tertiary/aromatic N) is 3. The average Bonchev–Trinajstić information content (AvgIpc) is 3.02. The summed E-state index contributed by atoms with van der Waals surface area (Å²) in [5.41, 5.74) is 4.07. The molecule has 0 unspecified atom stereocenters. The number of carbonyl (C=O) groups is 2. The predicted molar refractivity (Wildman–Crippen MR) is 116 cm³/mol. The second-order valence-electron chi connectivity index (χ2n) is 7.30. The van der Waals surface area contributed by atoms with Crippen LogP contribution in [0.4, 0.5) is 0 Å². The third-order valence-electron chi connectivity index (χ3n) is 5.31. The lowest BCUT2D eigenvalue weighted by molar-refractivity contribution is 0.0654. The van der Waals surface area contributed by atoms with Crippen LogP contribution in [-0.2, 0) is 0 Å². The molecule has 0 aliphatic carbocycles. The highest BCUT2D eigenvalue weighted by molar-refractivity contribution is 6.23. The highest BCUT2D eigenvalue weighted by atomic mass is 16.2. The Bertz CT molecular complexity index is 1280. The summed E-state index contributed by atoms with van der Waals surface area (Å²) in [5, 5.41) is 0.763. The van der Waals surface area contributed by atoms with Crippen LogP contribution in [0.25, 0.3) is 33.5 Å². The second-order valence-corrected chi connectivity index (χ2v) is 7.30. The summed E-state index contributed by atoms with van der Waals surface area (Å²) < 4.78 is 0. The highest BCUT2D eigenvalue weighted by Gasteiger charge is 2.35. The van der Waals surface area contributed by atoms with Gasteiger partial charge in [0.1, 0.15) is 0 Å². The van der Waals surface area contributed by atoms with E-state index in [1.54, 1.807) is 12.1 Å². The molecule has 30 heavy (non-hydrogen) atoms. The molecule has 1 aromatic heterocycles. The molecule has 0 saturated carbocycles. The van der Waals surface area contributed by atoms with E-state index in [9.17, 15) is 9.59 Å². The lowest BCUT2D eigenvalue weighted by atomic mass is 10.0. The van der Waals surface area contributed by atoms with E-state index in [2.05, 4.69) is 0 Å². The molecular formula is C25H19N3O2. The molecule has 4 aromatic rings. The van der Waals surface area contributed by atoms with Gasteiger partial charge in [-0.3, -0.25) is 14.5 Å². The molecule has 5 heteroatoms. The Hall–Kier alpha value is -3.86. The van der Waals surface area contributed by atoms with Gasteiger partial charge in [-0.2, -0.15) is 0 Å². The van der Waals surface area contributed by atoms with Gasteiger partial charge in [0, 0.05) is 23.1 Å². The van der Waals surface area contributed by atoms with Crippen molar-refractivity contribution in [2.75, 3.05) is 6.54 Å². The molecule has 1 aliphatic heterocycles. The topological polar surface area (TPSA) is 63.2 Å². The van der Waals surface area contributed by atoms with Crippen LogP contribution in [0, 0.1) is 0 Å². The van der Waals surface area contributed by atoms with E-state index in [0.29, 0.717) is 29.0 Å². The molecule has 0 atom stereocenters. The number of imide groups is 1. The summed E-state index contributed by atoms with van der Waals surface area (Å²) in [5.74, 6) is 0.0915. The molecule has 5 rings (SSSR count). The Balaban J connectivity index is 1.79. The Morgan fingerprint density at radius 1 is 0.767 bits per heavy atom. The first-order chi connectivity index (χ1) is 14.7. The van der Waals surface area contributed by atoms with Crippen molar-refractivity contribution in [3.8, 4) is 22.6 Å². The molecule has 0 saturated heterocycles. The minimum absolute atomic E-state index is 0.245. The van der Waals surface area contributed by atoms with Gasteiger partial charge in [0.2, 0.25) is 0 Å². The van der Waals surface area contributed by atoms with Gasteiger partial charge in [-0.25, -0.2) is 9.97 Å². The van der Waals surface area contributed by atoms with Crippen LogP contribution in [0.2, 0.25) is 0 Å². The van der Waals surface area contributed by atoms with E-state index in [-0.39, 0.29) is 11.8 Å². The Morgan fingerprint density at radius 2 is 1.37 bits per heavy atom. The number of fused-ring (bicyclic) bond motifs is 2. The van der Waals surface area contributed by atoms with E-state index in [1.807, 2.05) is 67.6 Å². The Kier molecular flexibility index (Phi) is 4.36. The van der Waals surface area contributed by atoms with Gasteiger partial charge >= 0.3 is 0 Å². The minimum Gasteiger partial charge on any atom is -0.274 e. The monoisotopic (exact) mass is 393 g/mol. The first-order valence-electron chi connectivity index (χ1n) is 10.00. The largest absolute Gasteiger partial charge is 0.274 e. The smallest absolute Gasteiger partial charge is 0.261 e. The van der Waals surface area contributed by atoms with E-state index in [0.717, 1.165) is 28.6 Å². The van der Waals surface area contributed by atoms with Crippen molar-refractivity contribution in [2.45, 2.75) is 13.3 Å². The number of amides is 2. The van der Waals surface area contributed by atoms with Crippen molar-refractivity contribution in [3.05, 3.63) is 83.9 Å². The number of hydrogen-bond donors (Lipinski definition) is 0. The van der Waals surface area contributed by atoms with Crippen molar-refractivity contribution >= 4 is 22.7 Å². The van der Waals surface area contributed by atoms with Crippen molar-refractivity contribution in [1.82, 2.24) is 14.9 Å². The Labute approximate surface area is 174 Å². The third kappa shape index (κ3) is 2.87. The lowest BCUT2D eigenvalue weighted by Crippen LogP contribution is -2.30. The number of benzene rings is 3. The summed E-state index contributed by atoms with van der Waals surface area (Å²) in [6.07, 6.45) is 0.720. The average molecular weight is 393 g/mol. The molecule has 0 bridgehead atoms. The maximum atomic E-state index is 12.8. The number of hydrogen-bond acceptors (Lipinski definition) is 4. The van der Waals surface area contributed by atoms with Gasteiger partial charge in [-0.1, -0.05) is 67.6 Å². The molecule has 0 fully saturated rings. The van der Waals surface area contributed by atoms with Crippen molar-refractivity contribution in [1.29, 1.82) is 0 Å². The van der Waals surface area contributed by atoms with E-state index < -0.39 is 0 Å². The molecule has 5 nitrogen and oxygen atoms in total. The molecule has 2 amide bonds. The zero-order chi connectivity index (χ0) is 20.7. The molecule has 1 aliphatic rings. The van der Waals surface area contributed by atoms with Gasteiger partial charge in [-0.15, -0.1) is 0 Å². The summed E-state index contributed by atoms with van der Waals surface area (Å²) in [4.78, 5) is 36.6. The molecular weight excluding hydrogens is 374 g/mol. The summed E-state index contributed by atoms with van der Waals surface area (Å²) in [6.45, 7) is 2.36. The standard InChI is InChI=1S/C25H19N3O2/c1-2-13-28-24(29)18-14-20-21(15-19(18)25(28)30)26-23(17-11-7-4-8-12-17)27-22(20)16-9-5-3-6-10-16/h3-12,14-15H,2,13H2,1H3. The van der Waals surface area contributed by atoms with Crippen LogP contribution < -0.4 is 0 Å². The normalized spacial score (nSPS) is 13.2. The van der Waals surface area contributed by atoms with Crippen LogP contribution in [-0.4, -0.2) is 33.2 Å². The highest BCUT2D eigenvalue weighted by Crippen LogP contribution is 2.33. The van der Waals surface area contributed by atoms with E-state index in [4.69, 9.17) is 9.97 Å². The molecule has 2 heterocycles. The van der Waals surface area contributed by atoms with Gasteiger partial charge in [0.15, 0.2) is 5.82 Å². The number of aromatic nitrogens is 2. The lowest BCUT2D eigenvalue weighted by Gasteiger charge is -2.11. The van der Waals surface area contributed by atoms with Gasteiger partial charge in [-0.05, 0) is 18.6 Å². The zero-order valence-corrected chi connectivity index (χ0v) is 16.5. The summed E-state index contributed by atoms with van der Waals surface area (Å²) >= 11 is 0. The van der Waals surface area contributed by atoms with E-state index in [1.165, 1.54) is 4.90 Å². The first-order valence-corrected chi connectivity index (χ1v) is 10.00. The van der Waals surface area contributed by atoms with Crippen molar-refractivity contribution in [2.24, 2.45) is 0 Å². The van der Waals surface area contributed by atoms with Crippen LogP contribution in [0.1, 0.15) is 34.1 Å². The number of carbonyl (C=O) groups excluding carboxylic acids is 2. The predicted octanol–water partition coefficient (Wildman–Crippen LogP) is 4.97. The summed E-state index contributed by atoms with van der Waals surface area (Å²) in [7, 11) is 0. The third-order valence-corrected chi connectivity index (χ3v) is 5.31. The zero-order valence-electron chi connectivity index (χ0n) is 16.5. The van der Waals surface area contributed by atoms with Crippen molar-refractivity contribution < 1.29 is 9.59 Å². The van der Waals surface area contributed by atoms with Gasteiger partial charge in [0.25, 0.3) is 11.8 Å². The fourth-order valence-corrected chi connectivity index (χ4v) is 3.87. The van der Waals surface area contributed by atoms with Crippen LogP contribution in [0.3, 0.4) is 0 Å². The quantitative estimate of drug-likeness (QED) is 0.459. The second kappa shape index (κ2) is 7.19.